The monoisotopic (exact) mass is 372 g/mol. The number of ketones is 1. The fourth-order valence-electron chi connectivity index (χ4n) is 2.11. The van der Waals surface area contributed by atoms with E-state index in [1.54, 1.807) is 6.08 Å². The van der Waals surface area contributed by atoms with Gasteiger partial charge in [0.15, 0.2) is 5.78 Å². The number of rotatable bonds is 9. The van der Waals surface area contributed by atoms with Crippen LogP contribution in [0.1, 0.15) is 35.2 Å². The second-order valence-corrected chi connectivity index (χ2v) is 6.02. The molecule has 0 fully saturated rings. The van der Waals surface area contributed by atoms with Crippen LogP contribution in [0.2, 0.25) is 0 Å². The lowest BCUT2D eigenvalue weighted by molar-refractivity contribution is 0.104. The molecule has 2 nitrogen and oxygen atoms in total. The average Bonchev–Trinajstić information content (AvgIpc) is 2.61. The van der Waals surface area contributed by atoms with Gasteiger partial charge in [-0.2, -0.15) is 0 Å². The van der Waals surface area contributed by atoms with Gasteiger partial charge < -0.3 is 4.74 Å². The Morgan fingerprint density at radius 2 is 1.70 bits per heavy atom. The van der Waals surface area contributed by atoms with Crippen molar-refractivity contribution in [2.24, 2.45) is 0 Å². The van der Waals surface area contributed by atoms with E-state index in [1.165, 1.54) is 12.8 Å². The summed E-state index contributed by atoms with van der Waals surface area (Å²) in [6.45, 7) is 0.745. The Morgan fingerprint density at radius 3 is 2.39 bits per heavy atom. The zero-order valence-corrected chi connectivity index (χ0v) is 14.7. The Bertz CT molecular complexity index is 618. The molecule has 0 atom stereocenters. The van der Waals surface area contributed by atoms with Crippen molar-refractivity contribution in [3.8, 4) is 5.75 Å². The largest absolute Gasteiger partial charge is 0.494 e. The van der Waals surface area contributed by atoms with Crippen molar-refractivity contribution < 1.29 is 9.53 Å². The number of benzene rings is 2. The maximum Gasteiger partial charge on any atom is 0.185 e. The molecule has 0 heterocycles. The molecule has 0 N–H and O–H groups in total. The fraction of sp³-hybridized carbons (Fsp3) is 0.250. The van der Waals surface area contributed by atoms with Gasteiger partial charge in [0.05, 0.1) is 6.61 Å². The van der Waals surface area contributed by atoms with Crippen LogP contribution < -0.4 is 4.74 Å². The molecule has 0 saturated carbocycles. The normalized spacial score (nSPS) is 10.8. The van der Waals surface area contributed by atoms with Gasteiger partial charge in [0.25, 0.3) is 0 Å². The number of allylic oxidation sites excluding steroid dienone is 1. The molecule has 0 amide bonds. The Labute approximate surface area is 146 Å². The molecule has 0 saturated heterocycles. The smallest absolute Gasteiger partial charge is 0.185 e. The summed E-state index contributed by atoms with van der Waals surface area (Å²) in [6, 6.07) is 17.1. The lowest BCUT2D eigenvalue weighted by atomic mass is 10.1. The lowest BCUT2D eigenvalue weighted by Gasteiger charge is -2.05. The molecule has 0 aliphatic carbocycles. The van der Waals surface area contributed by atoms with E-state index < -0.39 is 0 Å². The molecule has 2 rings (SSSR count). The summed E-state index contributed by atoms with van der Waals surface area (Å²) in [5.41, 5.74) is 1.69. The number of halogens is 1. The van der Waals surface area contributed by atoms with Crippen LogP contribution in [0.25, 0.3) is 6.08 Å². The van der Waals surface area contributed by atoms with Crippen LogP contribution in [0.3, 0.4) is 0 Å². The van der Waals surface area contributed by atoms with Crippen LogP contribution >= 0.6 is 15.9 Å². The Hall–Kier alpha value is -1.87. The fourth-order valence-corrected chi connectivity index (χ4v) is 2.51. The Balaban J connectivity index is 1.82. The highest BCUT2D eigenvalue weighted by Gasteiger charge is 1.99. The summed E-state index contributed by atoms with van der Waals surface area (Å²) in [4.78, 5) is 12.0. The minimum atomic E-state index is 0.0118. The first-order valence-corrected chi connectivity index (χ1v) is 8.98. The predicted molar refractivity (Wildman–Crippen MR) is 99.4 cm³/mol. The zero-order valence-electron chi connectivity index (χ0n) is 13.1. The molecular weight excluding hydrogens is 352 g/mol. The summed E-state index contributed by atoms with van der Waals surface area (Å²) in [5.74, 6) is 0.882. The molecule has 2 aromatic carbocycles. The first kappa shape index (κ1) is 17.5. The number of carbonyl (C=O) groups excluding carboxylic acids is 1. The zero-order chi connectivity index (χ0) is 16.3. The van der Waals surface area contributed by atoms with Gasteiger partial charge in [-0.3, -0.25) is 4.79 Å². The van der Waals surface area contributed by atoms with Crippen LogP contribution in [0, 0.1) is 0 Å². The first-order chi connectivity index (χ1) is 11.3. The molecular formula is C20H21BrO2. The SMILES string of the molecule is O=C(/C=C/c1ccc(OCCCCCBr)cc1)c1ccccc1. The van der Waals surface area contributed by atoms with Crippen LogP contribution in [0.4, 0.5) is 0 Å². The van der Waals surface area contributed by atoms with Crippen molar-refractivity contribution in [2.75, 3.05) is 11.9 Å². The maximum absolute atomic E-state index is 12.0. The third-order valence-corrected chi connectivity index (χ3v) is 3.97. The van der Waals surface area contributed by atoms with Crippen molar-refractivity contribution in [1.29, 1.82) is 0 Å². The predicted octanol–water partition coefficient (Wildman–Crippen LogP) is 5.53. The third-order valence-electron chi connectivity index (χ3n) is 3.41. The van der Waals surface area contributed by atoms with Crippen LogP contribution in [-0.4, -0.2) is 17.7 Å². The molecule has 0 spiro atoms. The van der Waals surface area contributed by atoms with Crippen LogP contribution in [0.5, 0.6) is 5.75 Å². The molecule has 0 radical (unpaired) electrons. The van der Waals surface area contributed by atoms with E-state index in [0.29, 0.717) is 5.56 Å². The van der Waals surface area contributed by atoms with Crippen LogP contribution in [-0.2, 0) is 0 Å². The summed E-state index contributed by atoms with van der Waals surface area (Å²) in [6.07, 6.45) is 6.86. The average molecular weight is 373 g/mol. The quantitative estimate of drug-likeness (QED) is 0.250. The number of alkyl halides is 1. The highest BCUT2D eigenvalue weighted by Crippen LogP contribution is 2.14. The van der Waals surface area contributed by atoms with E-state index in [4.69, 9.17) is 4.74 Å². The van der Waals surface area contributed by atoms with E-state index in [-0.39, 0.29) is 5.78 Å². The van der Waals surface area contributed by atoms with E-state index in [1.807, 2.05) is 60.7 Å². The van der Waals surface area contributed by atoms with Gasteiger partial charge >= 0.3 is 0 Å². The van der Waals surface area contributed by atoms with Crippen molar-refractivity contribution in [3.05, 3.63) is 71.8 Å². The van der Waals surface area contributed by atoms with Crippen molar-refractivity contribution in [2.45, 2.75) is 19.3 Å². The number of hydrogen-bond acceptors (Lipinski definition) is 2. The molecule has 23 heavy (non-hydrogen) atoms. The molecule has 0 aliphatic rings. The van der Waals surface area contributed by atoms with Crippen LogP contribution in [0.15, 0.2) is 60.7 Å². The van der Waals surface area contributed by atoms with Gasteiger partial charge in [-0.15, -0.1) is 0 Å². The van der Waals surface area contributed by atoms with E-state index >= 15 is 0 Å². The summed E-state index contributed by atoms with van der Waals surface area (Å²) >= 11 is 3.42. The maximum atomic E-state index is 12.0. The lowest BCUT2D eigenvalue weighted by Crippen LogP contribution is -1.97. The number of hydrogen-bond donors (Lipinski definition) is 0. The summed E-state index contributed by atoms with van der Waals surface area (Å²) in [7, 11) is 0. The topological polar surface area (TPSA) is 26.3 Å². The summed E-state index contributed by atoms with van der Waals surface area (Å²) in [5, 5.41) is 1.05. The second kappa shape index (κ2) is 10.0. The molecule has 3 heteroatoms. The molecule has 0 bridgehead atoms. The molecule has 2 aromatic rings. The van der Waals surface area contributed by atoms with Gasteiger partial charge in [0.1, 0.15) is 5.75 Å². The second-order valence-electron chi connectivity index (χ2n) is 5.23. The van der Waals surface area contributed by atoms with Gasteiger partial charge in [-0.1, -0.05) is 64.5 Å². The molecule has 0 unspecified atom stereocenters. The molecule has 120 valence electrons. The highest BCUT2D eigenvalue weighted by molar-refractivity contribution is 9.09. The van der Waals surface area contributed by atoms with E-state index in [0.717, 1.165) is 29.7 Å². The Kier molecular flexibility index (Phi) is 7.61. The van der Waals surface area contributed by atoms with E-state index in [2.05, 4.69) is 15.9 Å². The minimum Gasteiger partial charge on any atom is -0.494 e. The summed E-state index contributed by atoms with van der Waals surface area (Å²) < 4.78 is 5.70. The van der Waals surface area contributed by atoms with E-state index in [9.17, 15) is 4.79 Å². The van der Waals surface area contributed by atoms with Gasteiger partial charge in [0.2, 0.25) is 0 Å². The standard InChI is InChI=1S/C20H21BrO2/c21-15-5-2-6-16-23-19-12-9-17(10-13-19)11-14-20(22)18-7-3-1-4-8-18/h1,3-4,7-14H,2,5-6,15-16H2/b14-11+. The third kappa shape index (κ3) is 6.41. The van der Waals surface area contributed by atoms with Gasteiger partial charge in [-0.25, -0.2) is 0 Å². The highest BCUT2D eigenvalue weighted by atomic mass is 79.9. The van der Waals surface area contributed by atoms with Gasteiger partial charge in [-0.05, 0) is 43.0 Å². The molecule has 0 aliphatic heterocycles. The van der Waals surface area contributed by atoms with Crippen molar-refractivity contribution >= 4 is 27.8 Å². The van der Waals surface area contributed by atoms with Crippen molar-refractivity contribution in [1.82, 2.24) is 0 Å². The minimum absolute atomic E-state index is 0.0118. The van der Waals surface area contributed by atoms with Crippen molar-refractivity contribution in [3.63, 3.8) is 0 Å². The first-order valence-electron chi connectivity index (χ1n) is 7.86. The Morgan fingerprint density at radius 1 is 0.957 bits per heavy atom. The number of ether oxygens (including phenoxy) is 1. The van der Waals surface area contributed by atoms with Gasteiger partial charge in [0, 0.05) is 10.9 Å². The number of carbonyl (C=O) groups is 1. The number of unbranched alkanes of at least 4 members (excludes halogenated alkanes) is 2. The molecule has 0 aromatic heterocycles.